The monoisotopic (exact) mass is 378 g/mol. The number of fused-ring (bicyclic) bond motifs is 1. The fourth-order valence-electron chi connectivity index (χ4n) is 3.97. The van der Waals surface area contributed by atoms with E-state index in [1.54, 1.807) is 16.7 Å². The summed E-state index contributed by atoms with van der Waals surface area (Å²) in [5.74, 6) is -0.206. The maximum atomic E-state index is 12.9. The number of benzene rings is 1. The molecule has 2 fully saturated rings. The topological polar surface area (TPSA) is 74.8 Å². The third-order valence-corrected chi connectivity index (χ3v) is 7.24. The van der Waals surface area contributed by atoms with Crippen molar-refractivity contribution in [2.24, 2.45) is 0 Å². The zero-order valence-electron chi connectivity index (χ0n) is 15.6. The van der Waals surface area contributed by atoms with Crippen LogP contribution in [0, 0.1) is 13.8 Å². The van der Waals surface area contributed by atoms with Crippen LogP contribution in [0.25, 0.3) is 0 Å². The Balaban J connectivity index is 1.80. The molecule has 26 heavy (non-hydrogen) atoms. The molecule has 0 unspecified atom stereocenters. The number of sulfone groups is 1. The van der Waals surface area contributed by atoms with Gasteiger partial charge in [-0.25, -0.2) is 8.42 Å². The number of carbonyl (C=O) groups excluding carboxylic acids is 2. The Hall–Kier alpha value is -1.89. The Bertz CT molecular complexity index is 834. The van der Waals surface area contributed by atoms with Gasteiger partial charge in [-0.1, -0.05) is 25.1 Å². The number of hydrogen-bond donors (Lipinski definition) is 0. The lowest BCUT2D eigenvalue weighted by atomic mass is 10.0. The van der Waals surface area contributed by atoms with Gasteiger partial charge in [-0.05, 0) is 30.5 Å². The summed E-state index contributed by atoms with van der Waals surface area (Å²) in [7, 11) is -3.24. The highest BCUT2D eigenvalue weighted by Gasteiger charge is 2.48. The van der Waals surface area contributed by atoms with Gasteiger partial charge >= 0.3 is 0 Å². The van der Waals surface area contributed by atoms with Gasteiger partial charge in [0.1, 0.15) is 0 Å². The zero-order chi connectivity index (χ0) is 19.1. The highest BCUT2D eigenvalue weighted by molar-refractivity contribution is 7.91. The van der Waals surface area contributed by atoms with E-state index >= 15 is 0 Å². The molecule has 2 aliphatic heterocycles. The van der Waals surface area contributed by atoms with E-state index < -0.39 is 21.9 Å². The average molecular weight is 378 g/mol. The van der Waals surface area contributed by atoms with E-state index in [-0.39, 0.29) is 29.7 Å². The van der Waals surface area contributed by atoms with Crippen molar-refractivity contribution in [3.05, 3.63) is 34.9 Å². The summed E-state index contributed by atoms with van der Waals surface area (Å²) in [4.78, 5) is 28.4. The summed E-state index contributed by atoms with van der Waals surface area (Å²) in [6.07, 6.45) is 0.603. The van der Waals surface area contributed by atoms with Crippen LogP contribution >= 0.6 is 0 Å². The van der Waals surface area contributed by atoms with Gasteiger partial charge in [0.05, 0.1) is 30.0 Å². The number of nitrogens with zero attached hydrogens (tertiary/aromatic N) is 2. The number of piperazine rings is 1. The van der Waals surface area contributed by atoms with Gasteiger partial charge in [0.2, 0.25) is 11.8 Å². The summed E-state index contributed by atoms with van der Waals surface area (Å²) in [5.41, 5.74) is 3.24. The standard InChI is InChI=1S/C19H26N2O4S/c1-4-18(22)20-7-8-21(17-12-26(24,25)11-16(17)20)19(23)10-15-6-5-13(2)14(3)9-15/h5-6,9,16-17H,4,7-8,10-12H2,1-3H3/t16-,17+/m0/s1. The van der Waals surface area contributed by atoms with Gasteiger partial charge in [-0.3, -0.25) is 9.59 Å². The molecule has 6 nitrogen and oxygen atoms in total. The minimum Gasteiger partial charge on any atom is -0.335 e. The molecule has 0 saturated carbocycles. The van der Waals surface area contributed by atoms with Crippen LogP contribution in [-0.4, -0.2) is 66.7 Å². The van der Waals surface area contributed by atoms with E-state index in [0.717, 1.165) is 11.1 Å². The number of carbonyl (C=O) groups is 2. The van der Waals surface area contributed by atoms with Crippen LogP contribution in [0.5, 0.6) is 0 Å². The first-order chi connectivity index (χ1) is 12.2. The second-order valence-corrected chi connectivity index (χ2v) is 9.49. The lowest BCUT2D eigenvalue weighted by Crippen LogP contribution is -2.62. The molecule has 3 rings (SSSR count). The third-order valence-electron chi connectivity index (χ3n) is 5.55. The van der Waals surface area contributed by atoms with E-state index in [2.05, 4.69) is 0 Å². The van der Waals surface area contributed by atoms with E-state index in [0.29, 0.717) is 19.5 Å². The molecule has 0 aromatic heterocycles. The van der Waals surface area contributed by atoms with Gasteiger partial charge in [-0.2, -0.15) is 0 Å². The van der Waals surface area contributed by atoms with Crippen molar-refractivity contribution in [3.63, 3.8) is 0 Å². The molecule has 2 amide bonds. The Morgan fingerprint density at radius 2 is 1.58 bits per heavy atom. The quantitative estimate of drug-likeness (QED) is 0.789. The molecule has 0 bridgehead atoms. The van der Waals surface area contributed by atoms with Crippen LogP contribution in [0.2, 0.25) is 0 Å². The summed E-state index contributed by atoms with van der Waals surface area (Å²) in [6, 6.07) is 5.11. The van der Waals surface area contributed by atoms with Gasteiger partial charge in [0.25, 0.3) is 0 Å². The first kappa shape index (κ1) is 18.9. The molecule has 0 spiro atoms. The van der Waals surface area contributed by atoms with Gasteiger partial charge in [0.15, 0.2) is 9.84 Å². The molecular formula is C19H26N2O4S. The number of hydrogen-bond acceptors (Lipinski definition) is 4. The largest absolute Gasteiger partial charge is 0.335 e. The first-order valence-electron chi connectivity index (χ1n) is 9.07. The number of amides is 2. The Kier molecular flexibility index (Phi) is 5.10. The minimum absolute atomic E-state index is 0.0432. The van der Waals surface area contributed by atoms with E-state index in [4.69, 9.17) is 0 Å². The van der Waals surface area contributed by atoms with E-state index in [9.17, 15) is 18.0 Å². The molecule has 1 aromatic rings. The molecule has 0 N–H and O–H groups in total. The Morgan fingerprint density at radius 1 is 1.00 bits per heavy atom. The molecule has 1 aromatic carbocycles. The summed E-state index contributed by atoms with van der Waals surface area (Å²) < 4.78 is 24.4. The van der Waals surface area contributed by atoms with E-state index in [1.165, 1.54) is 5.56 Å². The van der Waals surface area contributed by atoms with Crippen LogP contribution < -0.4 is 0 Å². The molecule has 0 radical (unpaired) electrons. The van der Waals surface area contributed by atoms with Crippen LogP contribution in [0.1, 0.15) is 30.0 Å². The molecule has 2 heterocycles. The molecule has 2 saturated heterocycles. The fourth-order valence-corrected chi connectivity index (χ4v) is 5.95. The number of aryl methyl sites for hydroxylation is 2. The van der Waals surface area contributed by atoms with Gasteiger partial charge in [-0.15, -0.1) is 0 Å². The van der Waals surface area contributed by atoms with Crippen LogP contribution in [-0.2, 0) is 25.8 Å². The molecule has 2 aliphatic rings. The highest BCUT2D eigenvalue weighted by Crippen LogP contribution is 2.28. The molecule has 142 valence electrons. The Morgan fingerprint density at radius 3 is 2.12 bits per heavy atom. The minimum atomic E-state index is -3.24. The maximum absolute atomic E-state index is 12.9. The molecule has 2 atom stereocenters. The van der Waals surface area contributed by atoms with Crippen molar-refractivity contribution in [1.82, 2.24) is 9.80 Å². The predicted octanol–water partition coefficient (Wildman–Crippen LogP) is 1.09. The van der Waals surface area contributed by atoms with Crippen molar-refractivity contribution in [1.29, 1.82) is 0 Å². The second kappa shape index (κ2) is 7.02. The first-order valence-corrected chi connectivity index (χ1v) is 10.9. The average Bonchev–Trinajstić information content (AvgIpc) is 2.91. The van der Waals surface area contributed by atoms with Crippen molar-refractivity contribution in [2.75, 3.05) is 24.6 Å². The van der Waals surface area contributed by atoms with Crippen molar-refractivity contribution >= 4 is 21.7 Å². The van der Waals surface area contributed by atoms with Crippen LogP contribution in [0.15, 0.2) is 18.2 Å². The maximum Gasteiger partial charge on any atom is 0.227 e. The summed E-state index contributed by atoms with van der Waals surface area (Å²) in [6.45, 7) is 6.61. The second-order valence-electron chi connectivity index (χ2n) is 7.33. The highest BCUT2D eigenvalue weighted by atomic mass is 32.2. The van der Waals surface area contributed by atoms with Crippen molar-refractivity contribution in [2.45, 2.75) is 45.7 Å². The summed E-state index contributed by atoms with van der Waals surface area (Å²) >= 11 is 0. The van der Waals surface area contributed by atoms with Crippen molar-refractivity contribution < 1.29 is 18.0 Å². The predicted molar refractivity (Wildman–Crippen MR) is 99.6 cm³/mol. The van der Waals surface area contributed by atoms with E-state index in [1.807, 2.05) is 32.0 Å². The Labute approximate surface area is 155 Å². The number of rotatable bonds is 3. The lowest BCUT2D eigenvalue weighted by molar-refractivity contribution is -0.144. The normalized spacial score (nSPS) is 24.4. The van der Waals surface area contributed by atoms with Gasteiger partial charge in [0, 0.05) is 19.5 Å². The lowest BCUT2D eigenvalue weighted by Gasteiger charge is -2.44. The SMILES string of the molecule is CCC(=O)N1CCN(C(=O)Cc2ccc(C)c(C)c2)[C@@H]2CS(=O)(=O)C[C@@H]21. The van der Waals surface area contributed by atoms with Crippen LogP contribution in [0.4, 0.5) is 0 Å². The third kappa shape index (κ3) is 3.63. The summed E-state index contributed by atoms with van der Waals surface area (Å²) in [5, 5.41) is 0. The zero-order valence-corrected chi connectivity index (χ0v) is 16.4. The molecule has 0 aliphatic carbocycles. The smallest absolute Gasteiger partial charge is 0.227 e. The van der Waals surface area contributed by atoms with Crippen LogP contribution in [0.3, 0.4) is 0 Å². The fraction of sp³-hybridized carbons (Fsp3) is 0.579. The van der Waals surface area contributed by atoms with Gasteiger partial charge < -0.3 is 9.80 Å². The molecule has 7 heteroatoms. The van der Waals surface area contributed by atoms with Crippen molar-refractivity contribution in [3.8, 4) is 0 Å². The molecular weight excluding hydrogens is 352 g/mol.